The lowest BCUT2D eigenvalue weighted by atomic mass is 10.0. The maximum atomic E-state index is 12.7. The van der Waals surface area contributed by atoms with Crippen LogP contribution in [0.25, 0.3) is 0 Å². The van der Waals surface area contributed by atoms with E-state index in [0.29, 0.717) is 5.92 Å². The number of benzene rings is 2. The van der Waals surface area contributed by atoms with Crippen molar-refractivity contribution in [3.8, 4) is 0 Å². The number of hydrogen-bond acceptors (Lipinski definition) is 2. The number of aryl methyl sites for hydroxylation is 1. The van der Waals surface area contributed by atoms with Gasteiger partial charge in [-0.3, -0.25) is 0 Å². The number of nitrogens with one attached hydrogen (secondary N) is 1. The van der Waals surface area contributed by atoms with E-state index in [9.17, 15) is 4.79 Å². The minimum absolute atomic E-state index is 0.0211. The first-order valence-electron chi connectivity index (χ1n) is 8.41. The summed E-state index contributed by atoms with van der Waals surface area (Å²) in [7, 11) is 0. The average molecular weight is 340 g/mol. The normalized spacial score (nSPS) is 17.3. The number of rotatable bonds is 3. The van der Waals surface area contributed by atoms with E-state index >= 15 is 0 Å². The van der Waals surface area contributed by atoms with Crippen LogP contribution in [0.2, 0.25) is 0 Å². The monoisotopic (exact) mass is 340 g/mol. The minimum atomic E-state index is -0.0211. The van der Waals surface area contributed by atoms with Crippen LogP contribution >= 0.6 is 11.8 Å². The van der Waals surface area contributed by atoms with Crippen LogP contribution < -0.4 is 5.32 Å². The molecular formula is C20H24N2OS. The van der Waals surface area contributed by atoms with Crippen molar-refractivity contribution in [3.05, 3.63) is 65.2 Å². The fourth-order valence-electron chi connectivity index (χ4n) is 2.90. The first-order valence-corrected chi connectivity index (χ1v) is 9.46. The predicted molar refractivity (Wildman–Crippen MR) is 103 cm³/mol. The highest BCUT2D eigenvalue weighted by molar-refractivity contribution is 7.99. The van der Waals surface area contributed by atoms with Crippen molar-refractivity contribution in [1.29, 1.82) is 0 Å². The van der Waals surface area contributed by atoms with Crippen LogP contribution in [-0.2, 0) is 0 Å². The molecule has 2 aromatic rings. The number of carbonyl (C=O) groups is 1. The third-order valence-electron chi connectivity index (χ3n) is 4.43. The van der Waals surface area contributed by atoms with Crippen LogP contribution in [0, 0.1) is 6.92 Å². The van der Waals surface area contributed by atoms with E-state index < -0.39 is 0 Å². The topological polar surface area (TPSA) is 32.3 Å². The number of nitrogens with zero attached hydrogens (tertiary/aromatic N) is 1. The van der Waals surface area contributed by atoms with Crippen molar-refractivity contribution >= 4 is 23.5 Å². The number of amides is 2. The molecule has 3 rings (SSSR count). The van der Waals surface area contributed by atoms with Gasteiger partial charge < -0.3 is 10.2 Å². The molecule has 1 atom stereocenters. The van der Waals surface area contributed by atoms with E-state index in [0.717, 1.165) is 23.5 Å². The quantitative estimate of drug-likeness (QED) is 0.811. The summed E-state index contributed by atoms with van der Waals surface area (Å²) in [6.07, 6.45) is 0. The summed E-state index contributed by atoms with van der Waals surface area (Å²) in [5.41, 5.74) is 4.49. The molecule has 24 heavy (non-hydrogen) atoms. The molecule has 0 spiro atoms. The van der Waals surface area contributed by atoms with Gasteiger partial charge in [0.15, 0.2) is 0 Å². The Balaban J connectivity index is 1.75. The molecule has 3 nitrogen and oxygen atoms in total. The molecule has 1 heterocycles. The zero-order valence-corrected chi connectivity index (χ0v) is 15.3. The predicted octanol–water partition coefficient (Wildman–Crippen LogP) is 5.40. The third kappa shape index (κ3) is 3.59. The summed E-state index contributed by atoms with van der Waals surface area (Å²) in [5, 5.41) is 3.15. The van der Waals surface area contributed by atoms with Crippen LogP contribution in [0.5, 0.6) is 0 Å². The molecule has 0 unspecified atom stereocenters. The lowest BCUT2D eigenvalue weighted by Gasteiger charge is -2.25. The van der Waals surface area contributed by atoms with Crippen LogP contribution in [0.1, 0.15) is 41.8 Å². The van der Waals surface area contributed by atoms with E-state index in [1.807, 2.05) is 47.9 Å². The number of carbonyl (C=O) groups excluding carboxylic acids is 1. The summed E-state index contributed by atoms with van der Waals surface area (Å²) in [6, 6.07) is 16.5. The summed E-state index contributed by atoms with van der Waals surface area (Å²) in [5.74, 6) is 1.49. The SMILES string of the molecule is Cc1ccccc1NC(=O)N1CCS[C@@H]1c1ccc(C(C)C)cc1. The van der Waals surface area contributed by atoms with Crippen LogP contribution in [0.15, 0.2) is 48.5 Å². The molecule has 0 saturated carbocycles. The Morgan fingerprint density at radius 3 is 2.54 bits per heavy atom. The van der Waals surface area contributed by atoms with E-state index in [4.69, 9.17) is 0 Å². The van der Waals surface area contributed by atoms with Gasteiger partial charge in [-0.2, -0.15) is 0 Å². The largest absolute Gasteiger partial charge is 0.323 e. The fourth-order valence-corrected chi connectivity index (χ4v) is 4.16. The van der Waals surface area contributed by atoms with Crippen molar-refractivity contribution in [2.24, 2.45) is 0 Å². The number of urea groups is 1. The Labute approximate surface area is 148 Å². The van der Waals surface area contributed by atoms with E-state index in [-0.39, 0.29) is 11.4 Å². The zero-order chi connectivity index (χ0) is 17.1. The molecule has 2 amide bonds. The second kappa shape index (κ2) is 7.31. The summed E-state index contributed by atoms with van der Waals surface area (Å²) >= 11 is 1.83. The Kier molecular flexibility index (Phi) is 5.14. The molecule has 126 valence electrons. The van der Waals surface area contributed by atoms with Crippen LogP contribution in [-0.4, -0.2) is 23.2 Å². The maximum absolute atomic E-state index is 12.7. The second-order valence-electron chi connectivity index (χ2n) is 6.48. The van der Waals surface area contributed by atoms with E-state index in [1.54, 1.807) is 0 Å². The summed E-state index contributed by atoms with van der Waals surface area (Å²) < 4.78 is 0. The standard InChI is InChI=1S/C20H24N2OS/c1-14(2)16-8-10-17(11-9-16)19-22(12-13-24-19)20(23)21-18-7-5-4-6-15(18)3/h4-11,14,19H,12-13H2,1-3H3,(H,21,23)/t19-/m1/s1. The molecule has 1 fully saturated rings. The fraction of sp³-hybridized carbons (Fsp3) is 0.350. The van der Waals surface area contributed by atoms with Gasteiger partial charge in [-0.15, -0.1) is 11.8 Å². The highest BCUT2D eigenvalue weighted by Gasteiger charge is 2.30. The Bertz CT molecular complexity index is 712. The van der Waals surface area contributed by atoms with Crippen LogP contribution in [0.3, 0.4) is 0 Å². The van der Waals surface area contributed by atoms with Gasteiger partial charge in [-0.25, -0.2) is 4.79 Å². The van der Waals surface area contributed by atoms with Gasteiger partial charge >= 0.3 is 6.03 Å². The number of para-hydroxylation sites is 1. The molecule has 1 N–H and O–H groups in total. The zero-order valence-electron chi connectivity index (χ0n) is 14.5. The molecule has 1 aliphatic heterocycles. The molecular weight excluding hydrogens is 316 g/mol. The molecule has 2 aromatic carbocycles. The van der Waals surface area contributed by atoms with Crippen molar-refractivity contribution in [1.82, 2.24) is 4.90 Å². The smallest absolute Gasteiger partial charge is 0.308 e. The van der Waals surface area contributed by atoms with Gasteiger partial charge in [-0.1, -0.05) is 56.3 Å². The Morgan fingerprint density at radius 1 is 1.17 bits per heavy atom. The lowest BCUT2D eigenvalue weighted by Crippen LogP contribution is -2.34. The lowest BCUT2D eigenvalue weighted by molar-refractivity contribution is 0.214. The van der Waals surface area contributed by atoms with Crippen LogP contribution in [0.4, 0.5) is 10.5 Å². The number of thioether (sulfide) groups is 1. The highest BCUT2D eigenvalue weighted by atomic mass is 32.2. The van der Waals surface area contributed by atoms with Gasteiger partial charge in [0.25, 0.3) is 0 Å². The van der Waals surface area contributed by atoms with E-state index in [2.05, 4.69) is 43.4 Å². The van der Waals surface area contributed by atoms with Crippen molar-refractivity contribution in [2.45, 2.75) is 32.1 Å². The van der Waals surface area contributed by atoms with Gasteiger partial charge in [-0.05, 0) is 35.6 Å². The van der Waals surface area contributed by atoms with Gasteiger partial charge in [0.2, 0.25) is 0 Å². The Morgan fingerprint density at radius 2 is 1.88 bits per heavy atom. The molecule has 0 bridgehead atoms. The van der Waals surface area contributed by atoms with Gasteiger partial charge in [0.1, 0.15) is 5.37 Å². The summed E-state index contributed by atoms with van der Waals surface area (Å²) in [4.78, 5) is 14.7. The van der Waals surface area contributed by atoms with Gasteiger partial charge in [0, 0.05) is 18.0 Å². The molecule has 1 aliphatic rings. The molecule has 0 aromatic heterocycles. The number of hydrogen-bond donors (Lipinski definition) is 1. The maximum Gasteiger partial charge on any atom is 0.323 e. The summed E-state index contributed by atoms with van der Waals surface area (Å²) in [6.45, 7) is 7.18. The van der Waals surface area contributed by atoms with Gasteiger partial charge in [0.05, 0.1) is 0 Å². The van der Waals surface area contributed by atoms with Crippen molar-refractivity contribution in [2.75, 3.05) is 17.6 Å². The van der Waals surface area contributed by atoms with E-state index in [1.165, 1.54) is 11.1 Å². The third-order valence-corrected chi connectivity index (χ3v) is 5.69. The molecule has 1 saturated heterocycles. The van der Waals surface area contributed by atoms with Crippen molar-refractivity contribution < 1.29 is 4.79 Å². The Hall–Kier alpha value is -1.94. The first kappa shape index (κ1) is 16.9. The highest BCUT2D eigenvalue weighted by Crippen LogP contribution is 2.38. The second-order valence-corrected chi connectivity index (χ2v) is 7.67. The minimum Gasteiger partial charge on any atom is -0.308 e. The molecule has 0 aliphatic carbocycles. The average Bonchev–Trinajstić information content (AvgIpc) is 3.07. The van der Waals surface area contributed by atoms with Crippen molar-refractivity contribution in [3.63, 3.8) is 0 Å². The first-order chi connectivity index (χ1) is 11.6. The molecule has 4 heteroatoms. The number of anilines is 1. The molecule has 0 radical (unpaired) electrons.